The van der Waals surface area contributed by atoms with Crippen LogP contribution in [0.1, 0.15) is 24.8 Å². The molecule has 8 heteroatoms. The van der Waals surface area contributed by atoms with Crippen LogP contribution in [-0.2, 0) is 10.2 Å². The van der Waals surface area contributed by atoms with Gasteiger partial charge in [-0.1, -0.05) is 24.6 Å². The Hall–Kier alpha value is -3.29. The molecule has 28 heavy (non-hydrogen) atoms. The summed E-state index contributed by atoms with van der Waals surface area (Å²) in [6.45, 7) is 0.385. The summed E-state index contributed by atoms with van der Waals surface area (Å²) in [6, 6.07) is 10.8. The Morgan fingerprint density at radius 2 is 2.11 bits per heavy atom. The number of ether oxygens (including phenoxy) is 2. The predicted molar refractivity (Wildman–Crippen MR) is 104 cm³/mol. The van der Waals surface area contributed by atoms with E-state index in [1.54, 1.807) is 13.2 Å². The fourth-order valence-electron chi connectivity index (χ4n) is 3.90. The summed E-state index contributed by atoms with van der Waals surface area (Å²) < 4.78 is 10.8. The molecule has 0 unspecified atom stereocenters. The zero-order chi connectivity index (χ0) is 19.7. The number of benzene rings is 2. The molecule has 8 nitrogen and oxygen atoms in total. The monoisotopic (exact) mass is 383 g/mol. The lowest BCUT2D eigenvalue weighted by molar-refractivity contribution is -0.384. The van der Waals surface area contributed by atoms with E-state index < -0.39 is 4.92 Å². The molecule has 0 saturated heterocycles. The van der Waals surface area contributed by atoms with Crippen molar-refractivity contribution in [2.45, 2.75) is 24.7 Å². The highest BCUT2D eigenvalue weighted by Crippen LogP contribution is 2.48. The van der Waals surface area contributed by atoms with Gasteiger partial charge in [-0.05, 0) is 25.0 Å². The molecule has 1 aliphatic carbocycles. The van der Waals surface area contributed by atoms with Crippen LogP contribution < -0.4 is 20.1 Å². The third-order valence-electron chi connectivity index (χ3n) is 5.53. The first-order valence-corrected chi connectivity index (χ1v) is 9.15. The number of rotatable bonds is 6. The number of anilines is 2. The molecule has 0 bridgehead atoms. The molecule has 2 aliphatic rings. The lowest BCUT2D eigenvalue weighted by atomic mass is 9.64. The highest BCUT2D eigenvalue weighted by molar-refractivity contribution is 5.96. The molecule has 1 aliphatic heterocycles. The normalized spacial score (nSPS) is 16.8. The van der Waals surface area contributed by atoms with Crippen LogP contribution in [0.25, 0.3) is 0 Å². The second-order valence-corrected chi connectivity index (χ2v) is 7.15. The number of nitrogens with one attached hydrogen (secondary N) is 2. The van der Waals surface area contributed by atoms with Crippen LogP contribution in [-0.4, -0.2) is 31.1 Å². The second-order valence-electron chi connectivity index (χ2n) is 7.15. The number of nitrogens with zero attached hydrogens (tertiary/aromatic N) is 1. The fraction of sp³-hybridized carbons (Fsp3) is 0.350. The van der Waals surface area contributed by atoms with E-state index in [-0.39, 0.29) is 23.6 Å². The average Bonchev–Trinajstić information content (AvgIpc) is 2.66. The highest BCUT2D eigenvalue weighted by atomic mass is 16.6. The molecule has 1 amide bonds. The van der Waals surface area contributed by atoms with Crippen molar-refractivity contribution in [1.82, 2.24) is 0 Å². The third kappa shape index (κ3) is 3.11. The zero-order valence-electron chi connectivity index (χ0n) is 15.5. The van der Waals surface area contributed by atoms with Gasteiger partial charge in [0.15, 0.2) is 12.4 Å². The van der Waals surface area contributed by atoms with Crippen molar-refractivity contribution in [3.05, 3.63) is 52.1 Å². The Balaban J connectivity index is 1.64. The van der Waals surface area contributed by atoms with E-state index in [9.17, 15) is 14.9 Å². The maximum atomic E-state index is 11.6. The molecule has 2 aromatic carbocycles. The fourth-order valence-corrected chi connectivity index (χ4v) is 3.90. The van der Waals surface area contributed by atoms with E-state index in [1.807, 2.05) is 18.2 Å². The van der Waals surface area contributed by atoms with Gasteiger partial charge in [0.25, 0.3) is 11.6 Å². The first kappa shape index (κ1) is 18.1. The van der Waals surface area contributed by atoms with Gasteiger partial charge >= 0.3 is 0 Å². The maximum absolute atomic E-state index is 11.6. The Morgan fingerprint density at radius 3 is 2.79 bits per heavy atom. The summed E-state index contributed by atoms with van der Waals surface area (Å²) in [5.41, 5.74) is 1.67. The topological polar surface area (TPSA) is 103 Å². The van der Waals surface area contributed by atoms with Gasteiger partial charge in [0.2, 0.25) is 0 Å². The van der Waals surface area contributed by atoms with E-state index in [0.29, 0.717) is 23.7 Å². The van der Waals surface area contributed by atoms with Crippen molar-refractivity contribution in [2.24, 2.45) is 0 Å². The summed E-state index contributed by atoms with van der Waals surface area (Å²) >= 11 is 0. The number of amides is 1. The first-order valence-electron chi connectivity index (χ1n) is 9.15. The van der Waals surface area contributed by atoms with Gasteiger partial charge in [0.05, 0.1) is 23.8 Å². The zero-order valence-corrected chi connectivity index (χ0v) is 15.5. The third-order valence-corrected chi connectivity index (χ3v) is 5.53. The lowest BCUT2D eigenvalue weighted by Gasteiger charge is -2.43. The molecule has 0 atom stereocenters. The number of methoxy groups -OCH3 is 1. The number of nitro benzene ring substituents is 1. The minimum atomic E-state index is -0.445. The van der Waals surface area contributed by atoms with Crippen molar-refractivity contribution in [2.75, 3.05) is 30.9 Å². The number of hydrogen-bond donors (Lipinski definition) is 2. The van der Waals surface area contributed by atoms with Crippen molar-refractivity contribution < 1.29 is 19.2 Å². The van der Waals surface area contributed by atoms with Crippen LogP contribution in [0.3, 0.4) is 0 Å². The second kappa shape index (κ2) is 7.03. The molecule has 0 aromatic heterocycles. The SMILES string of the molecule is COc1ccccc1C1(CNc2cc3c(cc2[N+](=O)[O-])OCC(=O)N3)CCC1. The molecular weight excluding hydrogens is 362 g/mol. The van der Waals surface area contributed by atoms with Crippen molar-refractivity contribution in [3.63, 3.8) is 0 Å². The molecule has 2 N–H and O–H groups in total. The Bertz CT molecular complexity index is 939. The van der Waals surface area contributed by atoms with E-state index in [0.717, 1.165) is 30.6 Å². The Morgan fingerprint density at radius 1 is 1.32 bits per heavy atom. The van der Waals surface area contributed by atoms with Crippen molar-refractivity contribution in [3.8, 4) is 11.5 Å². The van der Waals surface area contributed by atoms with Crippen LogP contribution in [0, 0.1) is 10.1 Å². The van der Waals surface area contributed by atoms with E-state index in [2.05, 4.69) is 16.7 Å². The molecule has 1 heterocycles. The number of fused-ring (bicyclic) bond motifs is 1. The quantitative estimate of drug-likeness (QED) is 0.585. The average molecular weight is 383 g/mol. The van der Waals surface area contributed by atoms with E-state index in [4.69, 9.17) is 9.47 Å². The van der Waals surface area contributed by atoms with Gasteiger partial charge in [-0.3, -0.25) is 14.9 Å². The standard InChI is InChI=1S/C20H21N3O5/c1-27-17-6-3-2-5-13(17)20(7-4-8-20)12-21-14-9-15-18(10-16(14)23(25)26)28-11-19(24)22-15/h2-3,5-6,9-10,21H,4,7-8,11-12H2,1H3,(H,22,24). The molecule has 146 valence electrons. The molecular formula is C20H21N3O5. The minimum Gasteiger partial charge on any atom is -0.496 e. The smallest absolute Gasteiger partial charge is 0.296 e. The molecule has 1 fully saturated rings. The molecule has 4 rings (SSSR count). The van der Waals surface area contributed by atoms with Gasteiger partial charge < -0.3 is 20.1 Å². The Labute approximate surface area is 162 Å². The van der Waals surface area contributed by atoms with Gasteiger partial charge in [-0.25, -0.2) is 0 Å². The summed E-state index contributed by atoms with van der Waals surface area (Å²) in [5.74, 6) is 0.848. The van der Waals surface area contributed by atoms with Crippen molar-refractivity contribution >= 4 is 23.0 Å². The molecule has 2 aromatic rings. The summed E-state index contributed by atoms with van der Waals surface area (Å²) in [4.78, 5) is 22.7. The molecule has 0 radical (unpaired) electrons. The number of carbonyl (C=O) groups excluding carboxylic acids is 1. The number of para-hydroxylation sites is 1. The number of nitro groups is 1. The van der Waals surface area contributed by atoms with E-state index >= 15 is 0 Å². The summed E-state index contributed by atoms with van der Waals surface area (Å²) in [5, 5.41) is 17.5. The van der Waals surface area contributed by atoms with Gasteiger partial charge in [0, 0.05) is 17.5 Å². The number of hydrogen-bond acceptors (Lipinski definition) is 6. The highest BCUT2D eigenvalue weighted by Gasteiger charge is 2.41. The van der Waals surface area contributed by atoms with Crippen molar-refractivity contribution in [1.29, 1.82) is 0 Å². The van der Waals surface area contributed by atoms with Crippen LogP contribution in [0.2, 0.25) is 0 Å². The molecule has 1 saturated carbocycles. The largest absolute Gasteiger partial charge is 0.496 e. The predicted octanol–water partition coefficient (Wildman–Crippen LogP) is 3.47. The van der Waals surface area contributed by atoms with Crippen LogP contribution in [0.15, 0.2) is 36.4 Å². The van der Waals surface area contributed by atoms with Crippen LogP contribution in [0.5, 0.6) is 11.5 Å². The van der Waals surface area contributed by atoms with Gasteiger partial charge in [0.1, 0.15) is 11.4 Å². The van der Waals surface area contributed by atoms with E-state index in [1.165, 1.54) is 6.07 Å². The first-order chi connectivity index (χ1) is 13.5. The minimum absolute atomic E-state index is 0.0793. The number of carbonyl (C=O) groups is 1. The summed E-state index contributed by atoms with van der Waals surface area (Å²) in [7, 11) is 1.65. The lowest BCUT2D eigenvalue weighted by Crippen LogP contribution is -2.41. The summed E-state index contributed by atoms with van der Waals surface area (Å²) in [6.07, 6.45) is 3.04. The maximum Gasteiger partial charge on any atom is 0.296 e. The van der Waals surface area contributed by atoms with Gasteiger partial charge in [-0.15, -0.1) is 0 Å². The van der Waals surface area contributed by atoms with Crippen LogP contribution in [0.4, 0.5) is 17.1 Å². The Kier molecular flexibility index (Phi) is 4.54. The van der Waals surface area contributed by atoms with Crippen LogP contribution >= 0.6 is 0 Å². The molecule has 0 spiro atoms. The van der Waals surface area contributed by atoms with Gasteiger partial charge in [-0.2, -0.15) is 0 Å².